The Bertz CT molecular complexity index is 601. The lowest BCUT2D eigenvalue weighted by molar-refractivity contribution is 0.173. The molecule has 112 valence electrons. The van der Waals surface area contributed by atoms with Crippen molar-refractivity contribution < 1.29 is 18.7 Å². The van der Waals surface area contributed by atoms with E-state index in [0.29, 0.717) is 23.7 Å². The predicted molar refractivity (Wildman–Crippen MR) is 73.2 cm³/mol. The molecule has 0 bridgehead atoms. The molecule has 1 unspecified atom stereocenters. The third kappa shape index (κ3) is 3.08. The van der Waals surface area contributed by atoms with Crippen LogP contribution in [0.5, 0.6) is 17.2 Å². The molecule has 3 rings (SSSR count). The maximum atomic E-state index is 6.04. The van der Waals surface area contributed by atoms with E-state index in [-0.39, 0.29) is 19.4 Å². The minimum atomic E-state index is 0.0675. The Balaban J connectivity index is 1.81. The highest BCUT2D eigenvalue weighted by Crippen LogP contribution is 2.38. The van der Waals surface area contributed by atoms with Gasteiger partial charge in [-0.05, 0) is 24.5 Å². The summed E-state index contributed by atoms with van der Waals surface area (Å²) < 4.78 is 21.2. The van der Waals surface area contributed by atoms with Crippen molar-refractivity contribution in [2.45, 2.75) is 32.4 Å². The molecule has 2 heterocycles. The quantitative estimate of drug-likeness (QED) is 0.865. The number of hydrogen-bond acceptors (Lipinski definition) is 7. The zero-order chi connectivity index (χ0) is 14.7. The zero-order valence-electron chi connectivity index (χ0n) is 11.7. The van der Waals surface area contributed by atoms with Crippen LogP contribution in [0.4, 0.5) is 0 Å². The summed E-state index contributed by atoms with van der Waals surface area (Å²) in [6, 6.07) is 3.81. The van der Waals surface area contributed by atoms with Gasteiger partial charge in [-0.1, -0.05) is 12.1 Å². The summed E-state index contributed by atoms with van der Waals surface area (Å²) in [6.07, 6.45) is 2.86. The molecule has 2 aromatic rings. The standard InChI is InChI=1S/C14H17N3O4/c1-2-10(15)3-9-4-12-13(20-8-19-12)5-11(9)18-6-14-16-7-21-17-14/h4-5,7,10H,2-3,6,8,15H2,1H3. The van der Waals surface area contributed by atoms with E-state index in [1.54, 1.807) is 0 Å². The normalized spacial score (nSPS) is 14.2. The average molecular weight is 291 g/mol. The van der Waals surface area contributed by atoms with E-state index in [1.165, 1.54) is 6.39 Å². The monoisotopic (exact) mass is 291 g/mol. The summed E-state index contributed by atoms with van der Waals surface area (Å²) in [5.41, 5.74) is 7.03. The highest BCUT2D eigenvalue weighted by molar-refractivity contribution is 5.52. The van der Waals surface area contributed by atoms with Crippen molar-refractivity contribution in [3.05, 3.63) is 29.9 Å². The maximum absolute atomic E-state index is 6.04. The lowest BCUT2D eigenvalue weighted by atomic mass is 10.0. The van der Waals surface area contributed by atoms with Crippen LogP contribution in [0.2, 0.25) is 0 Å². The van der Waals surface area contributed by atoms with Crippen molar-refractivity contribution in [2.24, 2.45) is 5.73 Å². The Kier molecular flexibility index (Phi) is 3.92. The Labute approximate surface area is 122 Å². The summed E-state index contributed by atoms with van der Waals surface area (Å²) in [6.45, 7) is 2.50. The van der Waals surface area contributed by atoms with Gasteiger partial charge in [-0.3, -0.25) is 0 Å². The van der Waals surface area contributed by atoms with Gasteiger partial charge in [-0.2, -0.15) is 4.98 Å². The summed E-state index contributed by atoms with van der Waals surface area (Å²) in [5, 5.41) is 3.72. The molecule has 1 aliphatic rings. The van der Waals surface area contributed by atoms with Gasteiger partial charge in [0.05, 0.1) is 0 Å². The van der Waals surface area contributed by atoms with E-state index in [9.17, 15) is 0 Å². The highest BCUT2D eigenvalue weighted by Gasteiger charge is 2.19. The molecule has 0 fully saturated rings. The van der Waals surface area contributed by atoms with Gasteiger partial charge >= 0.3 is 0 Å². The largest absolute Gasteiger partial charge is 0.485 e. The molecule has 0 saturated carbocycles. The molecular weight excluding hydrogens is 274 g/mol. The summed E-state index contributed by atoms with van der Waals surface area (Å²) >= 11 is 0. The number of nitrogens with zero attached hydrogens (tertiary/aromatic N) is 2. The summed E-state index contributed by atoms with van der Waals surface area (Å²) in [4.78, 5) is 3.93. The second kappa shape index (κ2) is 6.01. The third-order valence-electron chi connectivity index (χ3n) is 3.33. The first-order valence-corrected chi connectivity index (χ1v) is 6.82. The predicted octanol–water partition coefficient (Wildman–Crippen LogP) is 1.66. The van der Waals surface area contributed by atoms with Crippen molar-refractivity contribution in [3.63, 3.8) is 0 Å². The van der Waals surface area contributed by atoms with E-state index >= 15 is 0 Å². The maximum Gasteiger partial charge on any atom is 0.231 e. The fraction of sp³-hybridized carbons (Fsp3) is 0.429. The number of hydrogen-bond donors (Lipinski definition) is 1. The Morgan fingerprint density at radius 3 is 2.86 bits per heavy atom. The topological polar surface area (TPSA) is 92.6 Å². The number of rotatable bonds is 6. The number of ether oxygens (including phenoxy) is 3. The van der Waals surface area contributed by atoms with Gasteiger partial charge in [0.2, 0.25) is 19.0 Å². The molecule has 0 amide bonds. The highest BCUT2D eigenvalue weighted by atomic mass is 16.7. The van der Waals surface area contributed by atoms with E-state index in [2.05, 4.69) is 21.6 Å². The summed E-state index contributed by atoms with van der Waals surface area (Å²) in [7, 11) is 0. The van der Waals surface area contributed by atoms with E-state index in [0.717, 1.165) is 17.7 Å². The fourth-order valence-corrected chi connectivity index (χ4v) is 2.08. The second-order valence-electron chi connectivity index (χ2n) is 4.82. The van der Waals surface area contributed by atoms with E-state index in [1.807, 2.05) is 12.1 Å². The van der Waals surface area contributed by atoms with Crippen LogP contribution in [-0.4, -0.2) is 23.0 Å². The van der Waals surface area contributed by atoms with Gasteiger partial charge in [0.25, 0.3) is 0 Å². The molecule has 0 spiro atoms. The van der Waals surface area contributed by atoms with Crippen LogP contribution in [0.25, 0.3) is 0 Å². The third-order valence-corrected chi connectivity index (χ3v) is 3.33. The molecule has 2 N–H and O–H groups in total. The Morgan fingerprint density at radius 1 is 1.33 bits per heavy atom. The first-order chi connectivity index (χ1) is 10.3. The Hall–Kier alpha value is -2.28. The molecule has 1 aromatic heterocycles. The number of aromatic nitrogens is 2. The zero-order valence-corrected chi connectivity index (χ0v) is 11.7. The van der Waals surface area contributed by atoms with Crippen LogP contribution in [0.15, 0.2) is 23.0 Å². The molecule has 1 aromatic carbocycles. The van der Waals surface area contributed by atoms with Crippen molar-refractivity contribution in [3.8, 4) is 17.2 Å². The molecule has 7 nitrogen and oxygen atoms in total. The van der Waals surface area contributed by atoms with Crippen molar-refractivity contribution in [1.29, 1.82) is 0 Å². The molecule has 0 aliphatic carbocycles. The number of fused-ring (bicyclic) bond motifs is 1. The van der Waals surface area contributed by atoms with Crippen LogP contribution >= 0.6 is 0 Å². The van der Waals surface area contributed by atoms with E-state index in [4.69, 9.17) is 19.9 Å². The second-order valence-corrected chi connectivity index (χ2v) is 4.82. The van der Waals surface area contributed by atoms with Crippen LogP contribution in [0.3, 0.4) is 0 Å². The smallest absolute Gasteiger partial charge is 0.231 e. The molecular formula is C14H17N3O4. The SMILES string of the molecule is CCC(N)Cc1cc2c(cc1OCc1ncon1)OCO2. The number of benzene rings is 1. The molecule has 1 aliphatic heterocycles. The Morgan fingerprint density at radius 2 is 2.14 bits per heavy atom. The van der Waals surface area contributed by atoms with Gasteiger partial charge in [0.1, 0.15) is 5.75 Å². The van der Waals surface area contributed by atoms with Crippen molar-refractivity contribution >= 4 is 0 Å². The van der Waals surface area contributed by atoms with Gasteiger partial charge in [0, 0.05) is 12.1 Å². The lowest BCUT2D eigenvalue weighted by Crippen LogP contribution is -2.21. The first-order valence-electron chi connectivity index (χ1n) is 6.82. The summed E-state index contributed by atoms with van der Waals surface area (Å²) in [5.74, 6) is 2.58. The molecule has 0 radical (unpaired) electrons. The van der Waals surface area contributed by atoms with Crippen LogP contribution in [0.1, 0.15) is 24.7 Å². The minimum absolute atomic E-state index is 0.0675. The molecule has 21 heavy (non-hydrogen) atoms. The lowest BCUT2D eigenvalue weighted by Gasteiger charge is -2.14. The molecule has 1 atom stereocenters. The molecule has 7 heteroatoms. The van der Waals surface area contributed by atoms with E-state index < -0.39 is 0 Å². The van der Waals surface area contributed by atoms with Crippen LogP contribution in [-0.2, 0) is 13.0 Å². The minimum Gasteiger partial charge on any atom is -0.485 e. The first kappa shape index (κ1) is 13.7. The van der Waals surface area contributed by atoms with Gasteiger partial charge in [-0.25, -0.2) is 0 Å². The van der Waals surface area contributed by atoms with Crippen molar-refractivity contribution in [1.82, 2.24) is 10.1 Å². The number of nitrogens with two attached hydrogens (primary N) is 1. The fourth-order valence-electron chi connectivity index (χ4n) is 2.08. The van der Waals surface area contributed by atoms with Gasteiger partial charge in [0.15, 0.2) is 18.1 Å². The van der Waals surface area contributed by atoms with Crippen LogP contribution in [0, 0.1) is 0 Å². The average Bonchev–Trinajstić information content (AvgIpc) is 3.15. The molecule has 0 saturated heterocycles. The van der Waals surface area contributed by atoms with Gasteiger partial charge in [-0.15, -0.1) is 0 Å². The van der Waals surface area contributed by atoms with Gasteiger partial charge < -0.3 is 24.5 Å². The van der Waals surface area contributed by atoms with Crippen LogP contribution < -0.4 is 19.9 Å². The van der Waals surface area contributed by atoms with Crippen molar-refractivity contribution in [2.75, 3.05) is 6.79 Å².